The first-order valence-electron chi connectivity index (χ1n) is 8.67. The zero-order valence-electron chi connectivity index (χ0n) is 13.9. The summed E-state index contributed by atoms with van der Waals surface area (Å²) in [6.07, 6.45) is 5.64. The molecule has 1 aromatic rings. The van der Waals surface area contributed by atoms with Gasteiger partial charge in [0.05, 0.1) is 11.6 Å². The van der Waals surface area contributed by atoms with Crippen LogP contribution in [0.2, 0.25) is 0 Å². The lowest BCUT2D eigenvalue weighted by atomic mass is 9.84. The lowest BCUT2D eigenvalue weighted by Gasteiger charge is -2.36. The van der Waals surface area contributed by atoms with Crippen molar-refractivity contribution in [2.75, 3.05) is 31.6 Å². The molecule has 1 aliphatic carbocycles. The fourth-order valence-electron chi connectivity index (χ4n) is 3.56. The summed E-state index contributed by atoms with van der Waals surface area (Å²) in [7, 11) is 1.97. The highest BCUT2D eigenvalue weighted by Crippen LogP contribution is 2.29. The number of piperidine rings is 1. The molecule has 1 saturated heterocycles. The SMILES string of the molecule is CN(CC1CCN(c2ccc(C#N)cc2)CC1)C(=O)C1CCC1. The number of carbonyl (C=O) groups is 1. The first kappa shape index (κ1) is 15.9. The monoisotopic (exact) mass is 311 g/mol. The molecule has 4 heteroatoms. The third kappa shape index (κ3) is 3.67. The van der Waals surface area contributed by atoms with E-state index < -0.39 is 0 Å². The second-order valence-corrected chi connectivity index (χ2v) is 6.94. The minimum atomic E-state index is 0.304. The average molecular weight is 311 g/mol. The van der Waals surface area contributed by atoms with Crippen molar-refractivity contribution in [3.8, 4) is 6.07 Å². The molecule has 0 unspecified atom stereocenters. The van der Waals surface area contributed by atoms with E-state index in [1.54, 1.807) is 0 Å². The van der Waals surface area contributed by atoms with E-state index in [0.717, 1.165) is 45.3 Å². The topological polar surface area (TPSA) is 47.3 Å². The molecule has 4 nitrogen and oxygen atoms in total. The Morgan fingerprint density at radius 2 is 1.87 bits per heavy atom. The number of amides is 1. The number of nitriles is 1. The Hall–Kier alpha value is -2.02. The number of nitrogens with zero attached hydrogens (tertiary/aromatic N) is 3. The minimum Gasteiger partial charge on any atom is -0.372 e. The molecule has 0 atom stereocenters. The Balaban J connectivity index is 1.48. The zero-order chi connectivity index (χ0) is 16.2. The minimum absolute atomic E-state index is 0.304. The Labute approximate surface area is 138 Å². The predicted molar refractivity (Wildman–Crippen MR) is 91.1 cm³/mol. The molecule has 2 aliphatic rings. The van der Waals surface area contributed by atoms with Gasteiger partial charge in [-0.15, -0.1) is 0 Å². The second kappa shape index (κ2) is 7.04. The van der Waals surface area contributed by atoms with Crippen LogP contribution in [0.3, 0.4) is 0 Å². The van der Waals surface area contributed by atoms with Gasteiger partial charge in [0.15, 0.2) is 0 Å². The molecule has 1 amide bonds. The van der Waals surface area contributed by atoms with Crippen LogP contribution in [0.5, 0.6) is 0 Å². The number of benzene rings is 1. The van der Waals surface area contributed by atoms with E-state index in [1.165, 1.54) is 12.1 Å². The van der Waals surface area contributed by atoms with Crippen molar-refractivity contribution in [3.05, 3.63) is 29.8 Å². The standard InChI is InChI=1S/C19H25N3O/c1-21(19(23)17-3-2-4-17)14-16-9-11-22(12-10-16)18-7-5-15(13-20)6-8-18/h5-8,16-17H,2-4,9-12,14H2,1H3. The molecule has 122 valence electrons. The van der Waals surface area contributed by atoms with Gasteiger partial charge >= 0.3 is 0 Å². The predicted octanol–water partition coefficient (Wildman–Crippen LogP) is 3.03. The molecule has 0 N–H and O–H groups in total. The van der Waals surface area contributed by atoms with Gasteiger partial charge in [0.25, 0.3) is 0 Å². The third-order valence-electron chi connectivity index (χ3n) is 5.34. The highest BCUT2D eigenvalue weighted by Gasteiger charge is 2.29. The second-order valence-electron chi connectivity index (χ2n) is 6.94. The summed E-state index contributed by atoms with van der Waals surface area (Å²) in [6, 6.07) is 9.99. The lowest BCUT2D eigenvalue weighted by molar-refractivity contribution is -0.137. The first-order valence-corrected chi connectivity index (χ1v) is 8.67. The van der Waals surface area contributed by atoms with Crippen molar-refractivity contribution in [2.45, 2.75) is 32.1 Å². The summed E-state index contributed by atoms with van der Waals surface area (Å²) in [5.74, 6) is 1.27. The van der Waals surface area contributed by atoms with E-state index in [4.69, 9.17) is 5.26 Å². The van der Waals surface area contributed by atoms with Gasteiger partial charge < -0.3 is 9.80 Å². The molecular weight excluding hydrogens is 286 g/mol. The average Bonchev–Trinajstić information content (AvgIpc) is 2.54. The summed E-state index contributed by atoms with van der Waals surface area (Å²) in [5, 5.41) is 8.87. The van der Waals surface area contributed by atoms with E-state index in [0.29, 0.717) is 23.3 Å². The van der Waals surface area contributed by atoms with Gasteiger partial charge in [-0.2, -0.15) is 5.26 Å². The van der Waals surface area contributed by atoms with E-state index >= 15 is 0 Å². The smallest absolute Gasteiger partial charge is 0.225 e. The molecule has 0 radical (unpaired) electrons. The molecule has 0 bridgehead atoms. The molecule has 1 heterocycles. The van der Waals surface area contributed by atoms with Gasteiger partial charge in [-0.25, -0.2) is 0 Å². The van der Waals surface area contributed by atoms with Gasteiger partial charge in [-0.3, -0.25) is 4.79 Å². The van der Waals surface area contributed by atoms with Crippen LogP contribution in [-0.4, -0.2) is 37.5 Å². The van der Waals surface area contributed by atoms with Crippen LogP contribution >= 0.6 is 0 Å². The van der Waals surface area contributed by atoms with E-state index in [2.05, 4.69) is 11.0 Å². The van der Waals surface area contributed by atoms with Gasteiger partial charge in [0.2, 0.25) is 5.91 Å². The van der Waals surface area contributed by atoms with Gasteiger partial charge in [-0.1, -0.05) is 6.42 Å². The Kier molecular flexibility index (Phi) is 4.85. The Morgan fingerprint density at radius 1 is 1.22 bits per heavy atom. The number of hydrogen-bond donors (Lipinski definition) is 0. The molecule has 0 spiro atoms. The fourth-order valence-corrected chi connectivity index (χ4v) is 3.56. The summed E-state index contributed by atoms with van der Waals surface area (Å²) in [4.78, 5) is 16.6. The van der Waals surface area contributed by atoms with Crippen molar-refractivity contribution in [1.82, 2.24) is 4.90 Å². The van der Waals surface area contributed by atoms with Crippen molar-refractivity contribution in [3.63, 3.8) is 0 Å². The van der Waals surface area contributed by atoms with E-state index in [9.17, 15) is 4.79 Å². The van der Waals surface area contributed by atoms with Crippen LogP contribution in [0.15, 0.2) is 24.3 Å². The first-order chi connectivity index (χ1) is 11.2. The molecule has 2 fully saturated rings. The number of rotatable bonds is 4. The van der Waals surface area contributed by atoms with Crippen molar-refractivity contribution >= 4 is 11.6 Å². The molecule has 1 aromatic carbocycles. The molecule has 0 aromatic heterocycles. The largest absolute Gasteiger partial charge is 0.372 e. The van der Waals surface area contributed by atoms with Crippen molar-refractivity contribution < 1.29 is 4.79 Å². The van der Waals surface area contributed by atoms with Crippen LogP contribution in [0.25, 0.3) is 0 Å². The Bertz CT molecular complexity index is 578. The summed E-state index contributed by atoms with van der Waals surface area (Å²) in [5.41, 5.74) is 1.90. The highest BCUT2D eigenvalue weighted by atomic mass is 16.2. The van der Waals surface area contributed by atoms with Gasteiger partial charge in [0.1, 0.15) is 0 Å². The summed E-state index contributed by atoms with van der Waals surface area (Å²) in [6.45, 7) is 2.96. The lowest BCUT2D eigenvalue weighted by Crippen LogP contribution is -2.42. The number of carbonyl (C=O) groups excluding carboxylic acids is 1. The quantitative estimate of drug-likeness (QED) is 0.858. The number of hydrogen-bond acceptors (Lipinski definition) is 3. The maximum Gasteiger partial charge on any atom is 0.225 e. The zero-order valence-corrected chi connectivity index (χ0v) is 13.9. The molecule has 23 heavy (non-hydrogen) atoms. The summed E-state index contributed by atoms with van der Waals surface area (Å²) < 4.78 is 0. The highest BCUT2D eigenvalue weighted by molar-refractivity contribution is 5.79. The summed E-state index contributed by atoms with van der Waals surface area (Å²) >= 11 is 0. The van der Waals surface area contributed by atoms with Crippen LogP contribution in [-0.2, 0) is 4.79 Å². The van der Waals surface area contributed by atoms with Crippen LogP contribution in [0.1, 0.15) is 37.7 Å². The van der Waals surface area contributed by atoms with Gasteiger partial charge in [0, 0.05) is 38.3 Å². The van der Waals surface area contributed by atoms with Crippen LogP contribution in [0, 0.1) is 23.2 Å². The third-order valence-corrected chi connectivity index (χ3v) is 5.34. The van der Waals surface area contributed by atoms with Crippen LogP contribution < -0.4 is 4.90 Å². The normalized spacial score (nSPS) is 19.0. The van der Waals surface area contributed by atoms with Crippen LogP contribution in [0.4, 0.5) is 5.69 Å². The van der Waals surface area contributed by atoms with Crippen molar-refractivity contribution in [1.29, 1.82) is 5.26 Å². The Morgan fingerprint density at radius 3 is 2.39 bits per heavy atom. The molecule has 3 rings (SSSR count). The fraction of sp³-hybridized carbons (Fsp3) is 0.579. The number of anilines is 1. The molecule has 1 aliphatic heterocycles. The van der Waals surface area contributed by atoms with E-state index in [-0.39, 0.29) is 0 Å². The maximum atomic E-state index is 12.2. The molecular formula is C19H25N3O. The van der Waals surface area contributed by atoms with Crippen molar-refractivity contribution in [2.24, 2.45) is 11.8 Å². The van der Waals surface area contributed by atoms with Gasteiger partial charge in [-0.05, 0) is 55.9 Å². The molecule has 1 saturated carbocycles. The maximum absolute atomic E-state index is 12.2. The van der Waals surface area contributed by atoms with E-state index in [1.807, 2.05) is 36.2 Å².